The van der Waals surface area contributed by atoms with Gasteiger partial charge in [0.1, 0.15) is 0 Å². The van der Waals surface area contributed by atoms with Gasteiger partial charge in [0.15, 0.2) is 0 Å². The van der Waals surface area contributed by atoms with Gasteiger partial charge in [0.05, 0.1) is 13.1 Å². The van der Waals surface area contributed by atoms with Crippen LogP contribution in [0, 0.1) is 0 Å². The van der Waals surface area contributed by atoms with Crippen molar-refractivity contribution in [1.29, 1.82) is 0 Å². The maximum atomic E-state index is 12.7. The van der Waals surface area contributed by atoms with Crippen molar-refractivity contribution in [1.82, 2.24) is 15.1 Å². The van der Waals surface area contributed by atoms with Crippen LogP contribution in [0.5, 0.6) is 0 Å². The lowest BCUT2D eigenvalue weighted by atomic mass is 10.2. The van der Waals surface area contributed by atoms with Crippen LogP contribution < -0.4 is 5.32 Å². The molecule has 1 amide bonds. The first-order chi connectivity index (χ1) is 13.5. The van der Waals surface area contributed by atoms with Gasteiger partial charge in [0.2, 0.25) is 5.91 Å². The van der Waals surface area contributed by atoms with E-state index in [1.807, 2.05) is 37.0 Å². The Hall–Kier alpha value is -2.49. The number of hydrogen-bond donors (Lipinski definition) is 1. The maximum Gasteiger partial charge on any atom is 0.242 e. The second kappa shape index (κ2) is 13.6. The van der Waals surface area contributed by atoms with Crippen LogP contribution in [0.15, 0.2) is 72.7 Å². The number of rotatable bonds is 12. The highest BCUT2D eigenvalue weighted by Crippen LogP contribution is 2.13. The monoisotopic (exact) mass is 383 g/mol. The number of carbonyl (C=O) groups excluding carboxylic acids is 1. The highest BCUT2D eigenvalue weighted by molar-refractivity contribution is 5.78. The molecule has 0 spiro atoms. The third-order valence-corrected chi connectivity index (χ3v) is 4.54. The zero-order valence-corrected chi connectivity index (χ0v) is 17.9. The second-order valence-electron chi connectivity index (χ2n) is 6.92. The largest absolute Gasteiger partial charge is 0.383 e. The zero-order chi connectivity index (χ0) is 20.8. The molecule has 4 heteroatoms. The van der Waals surface area contributed by atoms with Crippen LogP contribution in [0.4, 0.5) is 0 Å². The number of amides is 1. The number of hydrogen-bond acceptors (Lipinski definition) is 3. The van der Waals surface area contributed by atoms with Gasteiger partial charge in [0.25, 0.3) is 0 Å². The van der Waals surface area contributed by atoms with E-state index in [0.717, 1.165) is 49.3 Å². The molecule has 0 saturated carbocycles. The van der Waals surface area contributed by atoms with E-state index in [2.05, 4.69) is 48.5 Å². The van der Waals surface area contributed by atoms with Crippen molar-refractivity contribution < 1.29 is 4.79 Å². The second-order valence-corrected chi connectivity index (χ2v) is 6.92. The Labute approximate surface area is 171 Å². The van der Waals surface area contributed by atoms with Gasteiger partial charge in [-0.05, 0) is 44.8 Å². The summed E-state index contributed by atoms with van der Waals surface area (Å²) in [5.41, 5.74) is 3.09. The van der Waals surface area contributed by atoms with Crippen LogP contribution in [0.1, 0.15) is 40.0 Å². The molecule has 4 nitrogen and oxygen atoms in total. The molecule has 0 aromatic carbocycles. The fraction of sp³-hybridized carbons (Fsp3) is 0.458. The van der Waals surface area contributed by atoms with E-state index < -0.39 is 0 Å². The molecule has 154 valence electrons. The van der Waals surface area contributed by atoms with Crippen LogP contribution in [-0.4, -0.2) is 48.4 Å². The van der Waals surface area contributed by atoms with Gasteiger partial charge in [-0.3, -0.25) is 4.79 Å². The summed E-state index contributed by atoms with van der Waals surface area (Å²) < 4.78 is 0. The number of likely N-dealkylation sites (tertiary alicyclic amines) is 1. The summed E-state index contributed by atoms with van der Waals surface area (Å²) in [6, 6.07) is 0. The van der Waals surface area contributed by atoms with Crippen molar-refractivity contribution in [2.75, 3.05) is 32.7 Å². The quantitative estimate of drug-likeness (QED) is 0.501. The van der Waals surface area contributed by atoms with Crippen molar-refractivity contribution in [2.24, 2.45) is 0 Å². The molecule has 1 saturated heterocycles. The summed E-state index contributed by atoms with van der Waals surface area (Å²) in [7, 11) is 0. The van der Waals surface area contributed by atoms with Gasteiger partial charge in [-0.1, -0.05) is 56.5 Å². The summed E-state index contributed by atoms with van der Waals surface area (Å²) in [4.78, 5) is 16.8. The van der Waals surface area contributed by atoms with Gasteiger partial charge in [-0.15, -0.1) is 0 Å². The maximum absolute atomic E-state index is 12.7. The fourth-order valence-electron chi connectivity index (χ4n) is 3.20. The van der Waals surface area contributed by atoms with Gasteiger partial charge in [-0.25, -0.2) is 0 Å². The molecule has 1 N–H and O–H groups in total. The van der Waals surface area contributed by atoms with Crippen molar-refractivity contribution in [3.63, 3.8) is 0 Å². The average Bonchev–Trinajstić information content (AvgIpc) is 3.21. The predicted molar refractivity (Wildman–Crippen MR) is 121 cm³/mol. The van der Waals surface area contributed by atoms with Crippen molar-refractivity contribution >= 4 is 5.91 Å². The van der Waals surface area contributed by atoms with Crippen molar-refractivity contribution in [2.45, 2.75) is 40.0 Å². The lowest BCUT2D eigenvalue weighted by molar-refractivity contribution is -0.130. The molecule has 0 aliphatic carbocycles. The molecule has 0 radical (unpaired) electrons. The normalized spacial score (nSPS) is 15.5. The standard InChI is InChI=1S/C24H37N3O/c1-6-12-22(13-7-2)18-25-21(5)19-27(23(14-8-3)15-9-4)20-24(28)26-16-10-11-17-26/h6-8,12-15,25H,1,5,9-11,16-20H2,2-4H3/b13-7-,14-8-,22-12+,23-15+. The molecule has 0 atom stereocenters. The Bertz CT molecular complexity index is 634. The highest BCUT2D eigenvalue weighted by Gasteiger charge is 2.21. The minimum absolute atomic E-state index is 0.193. The number of nitrogens with one attached hydrogen (secondary N) is 1. The summed E-state index contributed by atoms with van der Waals surface area (Å²) in [5.74, 6) is 0.193. The molecule has 1 aliphatic heterocycles. The minimum Gasteiger partial charge on any atom is -0.383 e. The SMILES string of the molecule is C=C/C=C(\C=C/C)CNC(=C)CN(CC(=O)N1CCCC1)C(/C=C\C)=C/CC. The third-order valence-electron chi connectivity index (χ3n) is 4.54. The number of allylic oxidation sites excluding steroid dienone is 6. The van der Waals surface area contributed by atoms with Crippen molar-refractivity contribution in [3.8, 4) is 0 Å². The topological polar surface area (TPSA) is 35.6 Å². The predicted octanol–water partition coefficient (Wildman–Crippen LogP) is 4.57. The van der Waals surface area contributed by atoms with E-state index in [1.165, 1.54) is 0 Å². The molecule has 0 bridgehead atoms. The first kappa shape index (κ1) is 23.5. The third kappa shape index (κ3) is 8.47. The van der Waals surface area contributed by atoms with E-state index in [9.17, 15) is 4.79 Å². The molecular weight excluding hydrogens is 346 g/mol. The van der Waals surface area contributed by atoms with Crippen LogP contribution in [0.25, 0.3) is 0 Å². The van der Waals surface area contributed by atoms with Crippen LogP contribution >= 0.6 is 0 Å². The molecule has 1 rings (SSSR count). The summed E-state index contributed by atoms with van der Waals surface area (Å²) >= 11 is 0. The van der Waals surface area contributed by atoms with E-state index in [1.54, 1.807) is 6.08 Å². The first-order valence-corrected chi connectivity index (χ1v) is 10.3. The van der Waals surface area contributed by atoms with Crippen LogP contribution in [0.2, 0.25) is 0 Å². The van der Waals surface area contributed by atoms with Crippen molar-refractivity contribution in [3.05, 3.63) is 72.7 Å². The summed E-state index contributed by atoms with van der Waals surface area (Å²) in [6.45, 7) is 17.5. The molecule has 0 aromatic heterocycles. The Kier molecular flexibility index (Phi) is 11.5. The molecule has 1 fully saturated rings. The molecular formula is C24H37N3O. The van der Waals surface area contributed by atoms with Crippen LogP contribution in [-0.2, 0) is 4.79 Å². The summed E-state index contributed by atoms with van der Waals surface area (Å²) in [5, 5.41) is 3.39. The Morgan fingerprint density at radius 3 is 2.39 bits per heavy atom. The van der Waals surface area contributed by atoms with E-state index in [0.29, 0.717) is 19.6 Å². The van der Waals surface area contributed by atoms with E-state index >= 15 is 0 Å². The highest BCUT2D eigenvalue weighted by atomic mass is 16.2. The molecule has 1 heterocycles. The Balaban J connectivity index is 2.83. The number of nitrogens with zero attached hydrogens (tertiary/aromatic N) is 2. The molecule has 0 unspecified atom stereocenters. The molecule has 1 aliphatic rings. The molecule has 0 aromatic rings. The number of carbonyl (C=O) groups is 1. The Morgan fingerprint density at radius 1 is 1.14 bits per heavy atom. The minimum atomic E-state index is 0.193. The molecule has 28 heavy (non-hydrogen) atoms. The fourth-order valence-corrected chi connectivity index (χ4v) is 3.20. The van der Waals surface area contributed by atoms with Gasteiger partial charge < -0.3 is 15.1 Å². The Morgan fingerprint density at radius 2 is 1.82 bits per heavy atom. The van der Waals surface area contributed by atoms with Gasteiger partial charge in [0, 0.05) is 31.0 Å². The van der Waals surface area contributed by atoms with Crippen LogP contribution in [0.3, 0.4) is 0 Å². The van der Waals surface area contributed by atoms with Gasteiger partial charge in [-0.2, -0.15) is 0 Å². The lowest BCUT2D eigenvalue weighted by Gasteiger charge is -2.29. The smallest absolute Gasteiger partial charge is 0.242 e. The van der Waals surface area contributed by atoms with E-state index in [-0.39, 0.29) is 5.91 Å². The lowest BCUT2D eigenvalue weighted by Crippen LogP contribution is -2.40. The zero-order valence-electron chi connectivity index (χ0n) is 17.9. The van der Waals surface area contributed by atoms with E-state index in [4.69, 9.17) is 0 Å². The summed E-state index contributed by atoms with van der Waals surface area (Å²) in [6.07, 6.45) is 17.2. The first-order valence-electron chi connectivity index (χ1n) is 10.3. The average molecular weight is 384 g/mol. The van der Waals surface area contributed by atoms with Gasteiger partial charge >= 0.3 is 0 Å².